The fraction of sp³-hybridized carbons (Fsp3) is 1.00. The molecular weight excluding hydrogens is 436 g/mol. The summed E-state index contributed by atoms with van der Waals surface area (Å²) in [4.78, 5) is 8.29. The van der Waals surface area contributed by atoms with Crippen molar-refractivity contribution in [3.05, 3.63) is 0 Å². The third-order valence-corrected chi connectivity index (χ3v) is 7.50. The molecule has 0 heterocycles. The Labute approximate surface area is 207 Å². The van der Waals surface area contributed by atoms with E-state index in [-0.39, 0.29) is 48.6 Å². The van der Waals surface area contributed by atoms with E-state index in [1.54, 1.807) is 0 Å². The average Bonchev–Trinajstić information content (AvgIpc) is 2.64. The molecule has 4 atom stereocenters. The molecule has 0 spiro atoms. The van der Waals surface area contributed by atoms with Crippen LogP contribution in [-0.4, -0.2) is 110 Å². The molecule has 0 aromatic heterocycles. The zero-order valence-electron chi connectivity index (χ0n) is 24.5. The van der Waals surface area contributed by atoms with Crippen molar-refractivity contribution in [2.45, 2.75) is 80.3 Å². The van der Waals surface area contributed by atoms with Gasteiger partial charge in [-0.15, -0.1) is 0 Å². The molecule has 0 aliphatic carbocycles. The molecule has 0 N–H and O–H groups in total. The molecule has 0 aliphatic heterocycles. The summed E-state index contributed by atoms with van der Waals surface area (Å²) in [6.45, 7) is 17.2. The van der Waals surface area contributed by atoms with Crippen LogP contribution in [0.25, 0.3) is 0 Å². The first-order valence-electron chi connectivity index (χ1n) is 12.3. The van der Waals surface area contributed by atoms with Crippen LogP contribution in [0.15, 0.2) is 0 Å². The summed E-state index contributed by atoms with van der Waals surface area (Å²) in [6, 6.07) is 0. The third-order valence-electron chi connectivity index (χ3n) is 5.38. The van der Waals surface area contributed by atoms with E-state index in [2.05, 4.69) is 75.0 Å². The van der Waals surface area contributed by atoms with E-state index >= 15 is 0 Å². The Hall–Kier alpha value is -0.103. The van der Waals surface area contributed by atoms with Gasteiger partial charge in [-0.1, -0.05) is 55.4 Å². The van der Waals surface area contributed by atoms with E-state index in [1.165, 1.54) is 0 Å². The molecule has 0 rings (SSSR count). The minimum atomic E-state index is -3.72. The Bertz CT molecular complexity index is 405. The maximum absolute atomic E-state index is 6.87. The van der Waals surface area contributed by atoms with Gasteiger partial charge in [0.2, 0.25) is 0 Å². The second kappa shape index (κ2) is 14.5. The van der Waals surface area contributed by atoms with E-state index in [1.807, 2.05) is 56.4 Å². The van der Waals surface area contributed by atoms with Crippen molar-refractivity contribution >= 4 is 9.05 Å². The minimum absolute atomic E-state index is 0.216. The molecule has 0 saturated heterocycles. The van der Waals surface area contributed by atoms with Crippen LogP contribution in [0, 0.1) is 23.7 Å². The summed E-state index contributed by atoms with van der Waals surface area (Å²) in [5.41, 5.74) is 0. The van der Waals surface area contributed by atoms with Gasteiger partial charge in [-0.3, -0.25) is 19.6 Å². The molecule has 200 valence electrons. The largest absolute Gasteiger partial charge is 0.684 e. The molecule has 0 radical (unpaired) electrons. The van der Waals surface area contributed by atoms with Gasteiger partial charge in [-0.25, -0.2) is 0 Å². The Kier molecular flexibility index (Phi) is 14.4. The predicted octanol–water partition coefficient (Wildman–Crippen LogP) is 3.66. The van der Waals surface area contributed by atoms with Crippen LogP contribution in [0.4, 0.5) is 0 Å². The van der Waals surface area contributed by atoms with Gasteiger partial charge in [0.05, 0.1) is 0 Å². The number of nitrogens with zero attached hydrogens (tertiary/aromatic N) is 4. The van der Waals surface area contributed by atoms with E-state index in [0.29, 0.717) is 0 Å². The summed E-state index contributed by atoms with van der Waals surface area (Å²) in [5, 5.41) is 0. The molecule has 8 nitrogen and oxygen atoms in total. The first-order valence-corrected chi connectivity index (χ1v) is 14.0. The van der Waals surface area contributed by atoms with Crippen LogP contribution in [0.3, 0.4) is 0 Å². The zero-order chi connectivity index (χ0) is 26.3. The van der Waals surface area contributed by atoms with Crippen molar-refractivity contribution in [2.24, 2.45) is 23.7 Å². The number of hydrogen-bond donors (Lipinski definition) is 0. The Morgan fingerprint density at radius 2 is 0.515 bits per heavy atom. The summed E-state index contributed by atoms with van der Waals surface area (Å²) >= 11 is 0. The molecule has 9 heteroatoms. The zero-order valence-corrected chi connectivity index (χ0v) is 25.5. The van der Waals surface area contributed by atoms with Crippen molar-refractivity contribution in [3.63, 3.8) is 0 Å². The van der Waals surface area contributed by atoms with Gasteiger partial charge in [-0.05, 0) is 80.1 Å². The average molecular weight is 493 g/mol. The van der Waals surface area contributed by atoms with Gasteiger partial charge in [0, 0.05) is 0 Å². The lowest BCUT2D eigenvalue weighted by Crippen LogP contribution is -2.64. The van der Waals surface area contributed by atoms with Gasteiger partial charge in [0.1, 0.15) is 24.9 Å². The summed E-state index contributed by atoms with van der Waals surface area (Å²) in [5.74, 6) is 0.864. The van der Waals surface area contributed by atoms with Crippen LogP contribution >= 0.6 is 0 Å². The molecule has 0 aromatic rings. The SMILES string of the molecule is CC(C)C(O[Si](OC(C(C)C)N(C)C)(OC(C(C)C)N(C)C)OC(C(C)C)N(C)C)N(C)C. The molecule has 0 saturated carbocycles. The van der Waals surface area contributed by atoms with Gasteiger partial charge in [-0.2, -0.15) is 0 Å². The lowest BCUT2D eigenvalue weighted by molar-refractivity contribution is -0.191. The van der Waals surface area contributed by atoms with Gasteiger partial charge >= 0.3 is 9.05 Å². The molecule has 0 aliphatic rings. The molecule has 4 unspecified atom stereocenters. The molecule has 0 amide bonds. The van der Waals surface area contributed by atoms with E-state index in [4.69, 9.17) is 17.7 Å². The second-order valence-electron chi connectivity index (χ2n) is 11.4. The maximum Gasteiger partial charge on any atom is 0.684 e. The fourth-order valence-corrected chi connectivity index (χ4v) is 7.56. The molecule has 0 fully saturated rings. The summed E-state index contributed by atoms with van der Waals surface area (Å²) in [7, 11) is 12.5. The monoisotopic (exact) mass is 492 g/mol. The summed E-state index contributed by atoms with van der Waals surface area (Å²) < 4.78 is 27.5. The lowest BCUT2D eigenvalue weighted by atomic mass is 10.2. The van der Waals surface area contributed by atoms with Crippen molar-refractivity contribution < 1.29 is 17.7 Å². The molecule has 33 heavy (non-hydrogen) atoms. The second-order valence-corrected chi connectivity index (χ2v) is 13.3. The smallest absolute Gasteiger partial charge is 0.334 e. The highest BCUT2D eigenvalue weighted by Crippen LogP contribution is 2.30. The van der Waals surface area contributed by atoms with Crippen molar-refractivity contribution in [1.29, 1.82) is 0 Å². The first-order chi connectivity index (χ1) is 15.0. The van der Waals surface area contributed by atoms with Crippen LogP contribution in [0.5, 0.6) is 0 Å². The fourth-order valence-electron chi connectivity index (χ4n) is 4.11. The number of rotatable bonds is 16. The van der Waals surface area contributed by atoms with Crippen LogP contribution in [0.2, 0.25) is 0 Å². The van der Waals surface area contributed by atoms with Gasteiger partial charge in [0.25, 0.3) is 0 Å². The number of hydrogen-bond acceptors (Lipinski definition) is 8. The Morgan fingerprint density at radius 3 is 0.606 bits per heavy atom. The molecule has 0 bridgehead atoms. The predicted molar refractivity (Wildman–Crippen MR) is 139 cm³/mol. The van der Waals surface area contributed by atoms with E-state index in [0.717, 1.165) is 0 Å². The highest BCUT2D eigenvalue weighted by molar-refractivity contribution is 6.53. The van der Waals surface area contributed by atoms with Gasteiger partial charge < -0.3 is 17.7 Å². The first kappa shape index (κ1) is 32.9. The minimum Gasteiger partial charge on any atom is -0.334 e. The van der Waals surface area contributed by atoms with Crippen molar-refractivity contribution in [2.75, 3.05) is 56.4 Å². The highest BCUT2D eigenvalue weighted by Gasteiger charge is 2.56. The van der Waals surface area contributed by atoms with Crippen LogP contribution in [0.1, 0.15) is 55.4 Å². The molecular formula is C24H56N4O4Si. The van der Waals surface area contributed by atoms with Crippen LogP contribution in [-0.2, 0) is 17.7 Å². The topological polar surface area (TPSA) is 49.9 Å². The van der Waals surface area contributed by atoms with Crippen LogP contribution < -0.4 is 0 Å². The van der Waals surface area contributed by atoms with Gasteiger partial charge in [0.15, 0.2) is 0 Å². The Morgan fingerprint density at radius 1 is 0.364 bits per heavy atom. The van der Waals surface area contributed by atoms with E-state index in [9.17, 15) is 0 Å². The molecule has 0 aromatic carbocycles. The van der Waals surface area contributed by atoms with E-state index < -0.39 is 9.05 Å². The standard InChI is InChI=1S/C24H56N4O4Si/c1-17(2)21(25(9)10)29-33(30-22(18(3)4)26(11)12,31-23(19(5)6)27(13)14)32-24(20(7)8)28(15)16/h17-24H,1-16H3. The maximum atomic E-state index is 6.87. The quantitative estimate of drug-likeness (QED) is 0.239. The normalized spacial score (nSPS) is 18.9. The van der Waals surface area contributed by atoms with Crippen molar-refractivity contribution in [1.82, 2.24) is 19.6 Å². The Balaban J connectivity index is 6.80. The third kappa shape index (κ3) is 10.6. The highest BCUT2D eigenvalue weighted by atomic mass is 28.4. The lowest BCUT2D eigenvalue weighted by Gasteiger charge is -2.45. The summed E-state index contributed by atoms with van der Waals surface area (Å²) in [6.07, 6.45) is -0.902. The van der Waals surface area contributed by atoms with Crippen molar-refractivity contribution in [3.8, 4) is 0 Å².